The Kier molecular flexibility index (Phi) is 11.3. The van der Waals surface area contributed by atoms with Gasteiger partial charge in [-0.1, -0.05) is 147 Å². The van der Waals surface area contributed by atoms with E-state index in [1.165, 1.54) is 49.5 Å². The molecule has 0 aliphatic carbocycles. The molecule has 0 unspecified atom stereocenters. The van der Waals surface area contributed by atoms with Gasteiger partial charge in [0.1, 0.15) is 0 Å². The molecule has 1 saturated heterocycles. The number of aromatic nitrogens is 2. The Balaban J connectivity index is 0.000000232. The van der Waals surface area contributed by atoms with E-state index in [4.69, 9.17) is 0 Å². The number of hydrogen-bond donors (Lipinski definition) is 0. The third-order valence-electron chi connectivity index (χ3n) is 10.1. The van der Waals surface area contributed by atoms with Crippen molar-refractivity contribution in [2.45, 2.75) is 92.9 Å². The largest absolute Gasteiger partial charge is 0.442 e. The van der Waals surface area contributed by atoms with Crippen molar-refractivity contribution in [2.75, 3.05) is 16.3 Å². The van der Waals surface area contributed by atoms with Gasteiger partial charge in [-0.2, -0.15) is 4.90 Å². The topological polar surface area (TPSA) is 50.5 Å². The minimum absolute atomic E-state index is 0. The summed E-state index contributed by atoms with van der Waals surface area (Å²) in [6, 6.07) is 29.9. The zero-order valence-electron chi connectivity index (χ0n) is 31.8. The number of anilines is 2. The van der Waals surface area contributed by atoms with E-state index in [-0.39, 0.29) is 23.0 Å². The SMILES string of the molecule is CC(C)c1cccc(C(C)C)c1N1[CH+]N(c2c(C(C)C)cccc2C(C)C)C(=O)C(C)(C)C1.[Cu].c1ccc2c(c1)c1ccccc1c1[n-]cnc21. The van der Waals surface area contributed by atoms with Gasteiger partial charge in [0.05, 0.1) is 23.3 Å². The maximum absolute atomic E-state index is 13.9. The zero-order chi connectivity index (χ0) is 35.9. The van der Waals surface area contributed by atoms with Crippen LogP contribution in [0.2, 0.25) is 0 Å². The predicted molar refractivity (Wildman–Crippen MR) is 212 cm³/mol. The summed E-state index contributed by atoms with van der Waals surface area (Å²) in [5.41, 5.74) is 8.95. The first-order valence-corrected chi connectivity index (χ1v) is 18.2. The fourth-order valence-electron chi connectivity index (χ4n) is 7.49. The fourth-order valence-corrected chi connectivity index (χ4v) is 7.49. The molecule has 1 aromatic heterocycles. The monoisotopic (exact) mass is 727 g/mol. The Morgan fingerprint density at radius 1 is 0.627 bits per heavy atom. The fraction of sp³-hybridized carbons (Fsp3) is 0.356. The van der Waals surface area contributed by atoms with Crippen molar-refractivity contribution in [3.8, 4) is 0 Å². The van der Waals surface area contributed by atoms with Crippen molar-refractivity contribution in [2.24, 2.45) is 5.41 Å². The molecular weight excluding hydrogens is 676 g/mol. The number of carbonyl (C=O) groups is 1. The van der Waals surface area contributed by atoms with Crippen LogP contribution in [-0.4, -0.2) is 17.4 Å². The van der Waals surface area contributed by atoms with Gasteiger partial charge in [-0.25, -0.2) is 0 Å². The Bertz CT molecular complexity index is 2040. The van der Waals surface area contributed by atoms with Crippen LogP contribution in [0.15, 0.2) is 91.3 Å². The van der Waals surface area contributed by atoms with Crippen molar-refractivity contribution >= 4 is 49.9 Å². The number of imidazole rings is 1. The Morgan fingerprint density at radius 3 is 1.55 bits per heavy atom. The Labute approximate surface area is 315 Å². The van der Waals surface area contributed by atoms with Gasteiger partial charge in [-0.3, -0.25) is 4.79 Å². The third-order valence-corrected chi connectivity index (χ3v) is 10.1. The van der Waals surface area contributed by atoms with Crippen LogP contribution in [0.3, 0.4) is 0 Å². The normalized spacial score (nSPS) is 14.4. The summed E-state index contributed by atoms with van der Waals surface area (Å²) in [6.07, 6.45) is 1.64. The van der Waals surface area contributed by atoms with Crippen molar-refractivity contribution in [1.29, 1.82) is 0 Å². The molecular formula is C45H52CuN4O. The maximum Gasteiger partial charge on any atom is 0.302 e. The molecule has 1 radical (unpaired) electrons. The molecule has 1 amide bonds. The van der Waals surface area contributed by atoms with Gasteiger partial charge < -0.3 is 9.97 Å². The van der Waals surface area contributed by atoms with E-state index in [1.54, 1.807) is 6.33 Å². The average Bonchev–Trinajstić information content (AvgIpc) is 3.60. The van der Waals surface area contributed by atoms with Crippen LogP contribution in [-0.2, 0) is 21.9 Å². The summed E-state index contributed by atoms with van der Waals surface area (Å²) < 4.78 is 0. The second kappa shape index (κ2) is 15.2. The molecule has 5 nitrogen and oxygen atoms in total. The average molecular weight is 728 g/mol. The number of amides is 1. The van der Waals surface area contributed by atoms with E-state index in [0.717, 1.165) is 16.7 Å². The van der Waals surface area contributed by atoms with Crippen LogP contribution in [0.5, 0.6) is 0 Å². The van der Waals surface area contributed by atoms with Crippen LogP contribution in [0.1, 0.15) is 115 Å². The predicted octanol–water partition coefficient (Wildman–Crippen LogP) is 11.7. The molecule has 1 aliphatic heterocycles. The number of hydrogen-bond acceptors (Lipinski definition) is 3. The van der Waals surface area contributed by atoms with E-state index in [2.05, 4.69) is 164 Å². The van der Waals surface area contributed by atoms with Crippen LogP contribution in [0, 0.1) is 12.1 Å². The minimum Gasteiger partial charge on any atom is -0.442 e. The first-order valence-electron chi connectivity index (χ1n) is 18.2. The van der Waals surface area contributed by atoms with Crippen molar-refractivity contribution < 1.29 is 21.9 Å². The van der Waals surface area contributed by atoms with Crippen LogP contribution in [0.4, 0.5) is 11.4 Å². The summed E-state index contributed by atoms with van der Waals surface area (Å²) in [7, 11) is 0. The number of para-hydroxylation sites is 2. The van der Waals surface area contributed by atoms with Crippen molar-refractivity contribution in [3.63, 3.8) is 0 Å². The summed E-state index contributed by atoms with van der Waals surface area (Å²) in [4.78, 5) is 27.0. The van der Waals surface area contributed by atoms with Gasteiger partial charge in [-0.15, -0.1) is 4.90 Å². The summed E-state index contributed by atoms with van der Waals surface area (Å²) in [5, 5.41) is 4.85. The molecule has 6 heteroatoms. The molecule has 269 valence electrons. The quantitative estimate of drug-likeness (QED) is 0.0973. The van der Waals surface area contributed by atoms with Crippen LogP contribution < -0.4 is 14.8 Å². The van der Waals surface area contributed by atoms with E-state index >= 15 is 0 Å². The first-order chi connectivity index (χ1) is 23.8. The van der Waals surface area contributed by atoms with Gasteiger partial charge in [0.25, 0.3) is 5.91 Å². The van der Waals surface area contributed by atoms with Gasteiger partial charge in [-0.05, 0) is 92.4 Å². The number of rotatable bonds is 6. The third kappa shape index (κ3) is 7.14. The van der Waals surface area contributed by atoms with Crippen LogP contribution >= 0.6 is 0 Å². The molecule has 2 heterocycles. The smallest absolute Gasteiger partial charge is 0.302 e. The molecule has 1 aliphatic rings. The molecule has 0 spiro atoms. The Morgan fingerprint density at radius 2 is 1.06 bits per heavy atom. The molecule has 0 bridgehead atoms. The molecule has 6 aromatic rings. The second-order valence-electron chi connectivity index (χ2n) is 15.7. The zero-order valence-corrected chi connectivity index (χ0v) is 32.7. The van der Waals surface area contributed by atoms with Crippen LogP contribution in [0.25, 0.3) is 32.6 Å². The van der Waals surface area contributed by atoms with Gasteiger partial charge >= 0.3 is 6.67 Å². The van der Waals surface area contributed by atoms with Gasteiger partial charge in [0, 0.05) is 17.1 Å². The number of carbonyl (C=O) groups excluding carboxylic acids is 1. The molecule has 0 N–H and O–H groups in total. The molecule has 0 atom stereocenters. The van der Waals surface area contributed by atoms with Crippen molar-refractivity contribution in [3.05, 3.63) is 120 Å². The molecule has 5 aromatic carbocycles. The molecule has 7 rings (SSSR count). The number of fused-ring (bicyclic) bond motifs is 6. The second-order valence-corrected chi connectivity index (χ2v) is 15.7. The number of benzene rings is 5. The van der Waals surface area contributed by atoms with Crippen molar-refractivity contribution in [1.82, 2.24) is 9.97 Å². The standard InChI is InChI=1S/C30H43N2O.C15H9N2.Cu/c1-19(2)23-13-11-14-24(20(3)4)27(23)31-17-30(9,10)29(33)32(18-31)28-25(21(5)6)15-12-16-26(28)22(7)8;1-3-7-12-10(5-1)11-6-2-4-8-13(11)15-14(12)16-9-17-15;/h11-16,18-22H,17H2,1-10H3;1-9H;/q+1;-1;. The van der Waals surface area contributed by atoms with E-state index < -0.39 is 5.41 Å². The van der Waals surface area contributed by atoms with E-state index in [1.807, 2.05) is 17.0 Å². The Hall–Kier alpha value is -4.25. The van der Waals surface area contributed by atoms with E-state index in [0.29, 0.717) is 30.2 Å². The first kappa shape index (κ1) is 38.0. The van der Waals surface area contributed by atoms with Gasteiger partial charge in [0.15, 0.2) is 0 Å². The maximum atomic E-state index is 13.9. The molecule has 0 saturated carbocycles. The summed E-state index contributed by atoms with van der Waals surface area (Å²) in [5.74, 6) is 1.62. The van der Waals surface area contributed by atoms with E-state index in [9.17, 15) is 4.79 Å². The summed E-state index contributed by atoms with van der Waals surface area (Å²) in [6.45, 7) is 24.8. The van der Waals surface area contributed by atoms with Gasteiger partial charge in [0.2, 0.25) is 0 Å². The summed E-state index contributed by atoms with van der Waals surface area (Å²) >= 11 is 0. The molecule has 51 heavy (non-hydrogen) atoms. The molecule has 1 fully saturated rings. The number of nitrogens with zero attached hydrogens (tertiary/aromatic N) is 4. The minimum atomic E-state index is -0.509.